The first kappa shape index (κ1) is 13.5. The molecule has 0 aliphatic heterocycles. The molecule has 17 heavy (non-hydrogen) atoms. The smallest absolute Gasteiger partial charge is 0.333 e. The first-order valence-electron chi connectivity index (χ1n) is 5.64. The van der Waals surface area contributed by atoms with Crippen LogP contribution in [0.4, 0.5) is 0 Å². The van der Waals surface area contributed by atoms with Gasteiger partial charge in [0.05, 0.1) is 6.61 Å². The third-order valence-corrected chi connectivity index (χ3v) is 2.38. The standard InChI is InChI=1S/C13H18O4/c1-3-8-17-11-6-4-10(5-7-11)9-12(16-2)13(14)15/h4-7,12H,3,8-9H2,1-2H3,(H,14,15)/t12-/m0/s1. The summed E-state index contributed by atoms with van der Waals surface area (Å²) >= 11 is 0. The van der Waals surface area contributed by atoms with E-state index in [0.717, 1.165) is 17.7 Å². The van der Waals surface area contributed by atoms with Crippen LogP contribution in [0.25, 0.3) is 0 Å². The van der Waals surface area contributed by atoms with Crippen molar-refractivity contribution in [2.45, 2.75) is 25.9 Å². The summed E-state index contributed by atoms with van der Waals surface area (Å²) in [5, 5.41) is 8.86. The molecule has 1 aromatic carbocycles. The Hall–Kier alpha value is -1.55. The summed E-state index contributed by atoms with van der Waals surface area (Å²) in [5.74, 6) is -0.140. The maximum absolute atomic E-state index is 10.8. The second-order valence-corrected chi connectivity index (χ2v) is 3.76. The molecular weight excluding hydrogens is 220 g/mol. The third-order valence-electron chi connectivity index (χ3n) is 2.38. The van der Waals surface area contributed by atoms with Crippen molar-refractivity contribution < 1.29 is 19.4 Å². The van der Waals surface area contributed by atoms with Gasteiger partial charge in [0.15, 0.2) is 6.10 Å². The number of ether oxygens (including phenoxy) is 2. The molecule has 0 aromatic heterocycles. The zero-order chi connectivity index (χ0) is 12.7. The van der Waals surface area contributed by atoms with Gasteiger partial charge in [0.1, 0.15) is 5.75 Å². The van der Waals surface area contributed by atoms with E-state index in [-0.39, 0.29) is 0 Å². The Balaban J connectivity index is 2.58. The molecule has 1 aromatic rings. The molecule has 0 saturated carbocycles. The van der Waals surface area contributed by atoms with Gasteiger partial charge >= 0.3 is 5.97 Å². The lowest BCUT2D eigenvalue weighted by Gasteiger charge is -2.11. The van der Waals surface area contributed by atoms with Crippen LogP contribution in [0.5, 0.6) is 5.75 Å². The van der Waals surface area contributed by atoms with Crippen LogP contribution >= 0.6 is 0 Å². The van der Waals surface area contributed by atoms with Crippen molar-refractivity contribution >= 4 is 5.97 Å². The van der Waals surface area contributed by atoms with Crippen molar-refractivity contribution in [3.8, 4) is 5.75 Å². The molecule has 0 heterocycles. The minimum atomic E-state index is -0.946. The fraction of sp³-hybridized carbons (Fsp3) is 0.462. The Morgan fingerprint density at radius 1 is 1.35 bits per heavy atom. The Morgan fingerprint density at radius 3 is 2.47 bits per heavy atom. The zero-order valence-electron chi connectivity index (χ0n) is 10.2. The summed E-state index contributed by atoms with van der Waals surface area (Å²) < 4.78 is 10.3. The Bertz CT molecular complexity index is 345. The van der Waals surface area contributed by atoms with Crippen molar-refractivity contribution in [2.24, 2.45) is 0 Å². The number of carboxylic acid groups (broad SMARTS) is 1. The minimum absolute atomic E-state index is 0.361. The van der Waals surface area contributed by atoms with E-state index in [1.165, 1.54) is 7.11 Å². The molecule has 0 saturated heterocycles. The molecule has 0 aliphatic carbocycles. The highest BCUT2D eigenvalue weighted by Crippen LogP contribution is 2.14. The van der Waals surface area contributed by atoms with Crippen molar-refractivity contribution in [2.75, 3.05) is 13.7 Å². The van der Waals surface area contributed by atoms with E-state index in [1.807, 2.05) is 31.2 Å². The zero-order valence-corrected chi connectivity index (χ0v) is 10.2. The molecule has 1 rings (SSSR count). The number of hydrogen-bond acceptors (Lipinski definition) is 3. The molecule has 0 spiro atoms. The van der Waals surface area contributed by atoms with Gasteiger partial charge < -0.3 is 14.6 Å². The summed E-state index contributed by atoms with van der Waals surface area (Å²) in [5.41, 5.74) is 0.920. The van der Waals surface area contributed by atoms with Gasteiger partial charge in [-0.1, -0.05) is 19.1 Å². The van der Waals surface area contributed by atoms with Crippen molar-refractivity contribution in [1.29, 1.82) is 0 Å². The van der Waals surface area contributed by atoms with E-state index in [0.29, 0.717) is 13.0 Å². The number of carboxylic acids is 1. The predicted octanol–water partition coefficient (Wildman–Crippen LogP) is 2.12. The molecule has 1 atom stereocenters. The fourth-order valence-corrected chi connectivity index (χ4v) is 1.43. The molecule has 1 N–H and O–H groups in total. The van der Waals surface area contributed by atoms with Crippen LogP contribution in [-0.4, -0.2) is 30.9 Å². The topological polar surface area (TPSA) is 55.8 Å². The SMILES string of the molecule is CCCOc1ccc(C[C@H](OC)C(=O)O)cc1. The summed E-state index contributed by atoms with van der Waals surface area (Å²) in [4.78, 5) is 10.8. The van der Waals surface area contributed by atoms with Crippen LogP contribution < -0.4 is 4.74 Å². The molecule has 0 amide bonds. The van der Waals surface area contributed by atoms with Gasteiger partial charge in [0.2, 0.25) is 0 Å². The molecule has 0 fully saturated rings. The lowest BCUT2D eigenvalue weighted by molar-refractivity contribution is -0.148. The van der Waals surface area contributed by atoms with Crippen LogP contribution in [0.2, 0.25) is 0 Å². The average Bonchev–Trinajstić information content (AvgIpc) is 2.34. The van der Waals surface area contributed by atoms with Crippen LogP contribution in [0, 0.1) is 0 Å². The lowest BCUT2D eigenvalue weighted by atomic mass is 10.1. The van der Waals surface area contributed by atoms with E-state index in [1.54, 1.807) is 0 Å². The van der Waals surface area contributed by atoms with Gasteiger partial charge in [-0.15, -0.1) is 0 Å². The molecule has 94 valence electrons. The van der Waals surface area contributed by atoms with Gasteiger partial charge in [-0.2, -0.15) is 0 Å². The van der Waals surface area contributed by atoms with Gasteiger partial charge in [0, 0.05) is 13.5 Å². The largest absolute Gasteiger partial charge is 0.494 e. The van der Waals surface area contributed by atoms with E-state index in [4.69, 9.17) is 14.6 Å². The fourth-order valence-electron chi connectivity index (χ4n) is 1.43. The van der Waals surface area contributed by atoms with Crippen LogP contribution in [-0.2, 0) is 16.0 Å². The van der Waals surface area contributed by atoms with Gasteiger partial charge in [-0.3, -0.25) is 0 Å². The molecular formula is C13H18O4. The van der Waals surface area contributed by atoms with E-state index >= 15 is 0 Å². The number of aliphatic carboxylic acids is 1. The first-order chi connectivity index (χ1) is 8.17. The number of methoxy groups -OCH3 is 1. The second kappa shape index (κ2) is 6.91. The summed E-state index contributed by atoms with van der Waals surface area (Å²) in [6.07, 6.45) is 0.532. The quantitative estimate of drug-likeness (QED) is 0.790. The van der Waals surface area contributed by atoms with Crippen molar-refractivity contribution in [1.82, 2.24) is 0 Å². The van der Waals surface area contributed by atoms with E-state index in [2.05, 4.69) is 0 Å². The second-order valence-electron chi connectivity index (χ2n) is 3.76. The number of rotatable bonds is 7. The maximum Gasteiger partial charge on any atom is 0.333 e. The molecule has 0 radical (unpaired) electrons. The summed E-state index contributed by atoms with van der Waals surface area (Å²) in [6, 6.07) is 7.42. The highest BCUT2D eigenvalue weighted by Gasteiger charge is 2.16. The average molecular weight is 238 g/mol. The summed E-state index contributed by atoms with van der Waals surface area (Å²) in [7, 11) is 1.40. The Kier molecular flexibility index (Phi) is 5.49. The van der Waals surface area contributed by atoms with Crippen molar-refractivity contribution in [3.63, 3.8) is 0 Å². The lowest BCUT2D eigenvalue weighted by Crippen LogP contribution is -2.24. The van der Waals surface area contributed by atoms with Gasteiger partial charge in [-0.25, -0.2) is 4.79 Å². The predicted molar refractivity (Wildman–Crippen MR) is 64.4 cm³/mol. The number of benzene rings is 1. The minimum Gasteiger partial charge on any atom is -0.494 e. The number of hydrogen-bond donors (Lipinski definition) is 1. The molecule has 4 nitrogen and oxygen atoms in total. The van der Waals surface area contributed by atoms with Gasteiger partial charge in [0.25, 0.3) is 0 Å². The molecule has 0 aliphatic rings. The molecule has 4 heteroatoms. The highest BCUT2D eigenvalue weighted by atomic mass is 16.5. The first-order valence-corrected chi connectivity index (χ1v) is 5.64. The monoisotopic (exact) mass is 238 g/mol. The van der Waals surface area contributed by atoms with Crippen LogP contribution in [0.15, 0.2) is 24.3 Å². The Labute approximate surface area is 101 Å². The molecule has 0 bridgehead atoms. The molecule has 0 unspecified atom stereocenters. The Morgan fingerprint density at radius 2 is 2.00 bits per heavy atom. The number of carbonyl (C=O) groups is 1. The third kappa shape index (κ3) is 4.44. The summed E-state index contributed by atoms with van der Waals surface area (Å²) in [6.45, 7) is 2.74. The van der Waals surface area contributed by atoms with Crippen LogP contribution in [0.3, 0.4) is 0 Å². The maximum atomic E-state index is 10.8. The van der Waals surface area contributed by atoms with Crippen LogP contribution in [0.1, 0.15) is 18.9 Å². The van der Waals surface area contributed by atoms with Crippen molar-refractivity contribution in [3.05, 3.63) is 29.8 Å². The van der Waals surface area contributed by atoms with Gasteiger partial charge in [-0.05, 0) is 24.1 Å². The highest BCUT2D eigenvalue weighted by molar-refractivity contribution is 5.72. The normalized spacial score (nSPS) is 12.1. The van der Waals surface area contributed by atoms with E-state index < -0.39 is 12.1 Å². The van der Waals surface area contributed by atoms with E-state index in [9.17, 15) is 4.79 Å².